The molecular formula is C25H27ClFN5O4S. The number of fused-ring (bicyclic) bond motifs is 2. The first-order valence-corrected chi connectivity index (χ1v) is 13.2. The van der Waals surface area contributed by atoms with Crippen LogP contribution >= 0.6 is 22.9 Å². The number of carbonyl (C=O) groups excluding carboxylic acids is 2. The van der Waals surface area contributed by atoms with Gasteiger partial charge in [-0.1, -0.05) is 17.7 Å². The number of thiazole rings is 1. The van der Waals surface area contributed by atoms with Crippen molar-refractivity contribution in [1.82, 2.24) is 20.5 Å². The normalized spacial score (nSPS) is 25.8. The number of piperidine rings is 1. The molecule has 5 rings (SSSR count). The van der Waals surface area contributed by atoms with E-state index in [1.807, 2.05) is 5.38 Å². The van der Waals surface area contributed by atoms with Crippen molar-refractivity contribution in [1.29, 1.82) is 0 Å². The number of hydrogen-bond acceptors (Lipinski definition) is 9. The number of amides is 1. The molecule has 3 aliphatic heterocycles. The molecule has 0 aliphatic carbocycles. The van der Waals surface area contributed by atoms with Gasteiger partial charge < -0.3 is 20.1 Å². The lowest BCUT2D eigenvalue weighted by atomic mass is 9.88. The van der Waals surface area contributed by atoms with Gasteiger partial charge in [0.25, 0.3) is 0 Å². The number of ether oxygens (including phenoxy) is 2. The second-order valence-electron chi connectivity index (χ2n) is 9.28. The van der Waals surface area contributed by atoms with Crippen molar-refractivity contribution in [3.63, 3.8) is 0 Å². The molecule has 2 fully saturated rings. The van der Waals surface area contributed by atoms with Crippen molar-refractivity contribution in [3.8, 4) is 0 Å². The topological polar surface area (TPSA) is 105 Å². The molecule has 196 valence electrons. The molecule has 1 aromatic carbocycles. The molecule has 2 bridgehead atoms. The summed E-state index contributed by atoms with van der Waals surface area (Å²) in [4.78, 5) is 36.3. The fraction of sp³-hybridized carbons (Fsp3) is 0.440. The molecule has 1 amide bonds. The highest BCUT2D eigenvalue weighted by molar-refractivity contribution is 7.11. The molecule has 37 heavy (non-hydrogen) atoms. The fourth-order valence-electron chi connectivity index (χ4n) is 5.30. The second-order valence-corrected chi connectivity index (χ2v) is 10.6. The summed E-state index contributed by atoms with van der Waals surface area (Å²) in [5.41, 5.74) is 1.41. The number of halogens is 2. The Morgan fingerprint density at radius 2 is 2.08 bits per heavy atom. The molecular weight excluding hydrogens is 521 g/mol. The first-order chi connectivity index (χ1) is 17.8. The molecule has 3 aliphatic rings. The highest BCUT2D eigenvalue weighted by Gasteiger charge is 2.42. The van der Waals surface area contributed by atoms with Crippen LogP contribution in [0.4, 0.5) is 4.39 Å². The van der Waals surface area contributed by atoms with Gasteiger partial charge in [-0.3, -0.25) is 14.7 Å². The van der Waals surface area contributed by atoms with E-state index >= 15 is 0 Å². The SMILES string of the molecule is COC(=O)C1=C(CN2C3COC[C@H]2CC(NC(C)=O)C3)NC(c2nccs2)=NC1c1ccc(F)cc1Cl. The van der Waals surface area contributed by atoms with E-state index in [2.05, 4.69) is 20.5 Å². The van der Waals surface area contributed by atoms with Crippen LogP contribution in [0.1, 0.15) is 36.4 Å². The van der Waals surface area contributed by atoms with Crippen LogP contribution in [0.5, 0.6) is 0 Å². The molecule has 0 spiro atoms. The third-order valence-electron chi connectivity index (χ3n) is 6.84. The minimum Gasteiger partial charge on any atom is -0.466 e. The van der Waals surface area contributed by atoms with Crippen LogP contribution in [-0.2, 0) is 19.1 Å². The Bertz CT molecular complexity index is 1240. The molecule has 4 atom stereocenters. The number of morpholine rings is 1. The highest BCUT2D eigenvalue weighted by atomic mass is 35.5. The van der Waals surface area contributed by atoms with E-state index in [9.17, 15) is 14.0 Å². The second kappa shape index (κ2) is 10.9. The highest BCUT2D eigenvalue weighted by Crippen LogP contribution is 2.38. The number of amidine groups is 1. The summed E-state index contributed by atoms with van der Waals surface area (Å²) in [7, 11) is 1.32. The molecule has 4 heterocycles. The number of aromatic nitrogens is 1. The van der Waals surface area contributed by atoms with Gasteiger partial charge in [-0.2, -0.15) is 0 Å². The van der Waals surface area contributed by atoms with E-state index in [0.717, 1.165) is 12.8 Å². The Morgan fingerprint density at radius 3 is 2.70 bits per heavy atom. The Balaban J connectivity index is 1.55. The lowest BCUT2D eigenvalue weighted by Gasteiger charge is -2.49. The molecule has 1 aromatic heterocycles. The summed E-state index contributed by atoms with van der Waals surface area (Å²) in [5, 5.41) is 9.03. The van der Waals surface area contributed by atoms with Gasteiger partial charge >= 0.3 is 5.97 Å². The standard InChI is InChI=1S/C25H27ClFN5O4S/c1-13(33)29-15-8-16-11-36-12-17(9-15)32(16)10-20-21(25(34)35-2)22(18-4-3-14(27)7-19(18)26)31-23(30-20)24-28-5-6-37-24/h3-7,15-17,22H,8-12H2,1-2H3,(H,29,33)(H,30,31)/t15?,16-,17?,22?/m1/s1. The predicted octanol–water partition coefficient (Wildman–Crippen LogP) is 2.82. The number of hydrogen-bond donors (Lipinski definition) is 2. The van der Waals surface area contributed by atoms with Crippen LogP contribution in [0.3, 0.4) is 0 Å². The average Bonchev–Trinajstić information content (AvgIpc) is 3.38. The minimum absolute atomic E-state index is 0.0487. The molecule has 9 nitrogen and oxygen atoms in total. The molecule has 12 heteroatoms. The van der Waals surface area contributed by atoms with E-state index in [1.54, 1.807) is 12.3 Å². The van der Waals surface area contributed by atoms with Gasteiger partial charge in [-0.05, 0) is 25.0 Å². The smallest absolute Gasteiger partial charge is 0.338 e. The van der Waals surface area contributed by atoms with Crippen LogP contribution in [0.2, 0.25) is 5.02 Å². The molecule has 3 unspecified atom stereocenters. The van der Waals surface area contributed by atoms with Gasteiger partial charge in [0.15, 0.2) is 10.8 Å². The number of methoxy groups -OCH3 is 1. The van der Waals surface area contributed by atoms with Crippen molar-refractivity contribution >= 4 is 40.6 Å². The first kappa shape index (κ1) is 25.8. The van der Waals surface area contributed by atoms with Gasteiger partial charge in [-0.15, -0.1) is 11.3 Å². The van der Waals surface area contributed by atoms with Gasteiger partial charge in [0.05, 0.1) is 25.9 Å². The van der Waals surface area contributed by atoms with E-state index in [1.165, 1.54) is 37.5 Å². The predicted molar refractivity (Wildman–Crippen MR) is 137 cm³/mol. The Hall–Kier alpha value is -2.86. The summed E-state index contributed by atoms with van der Waals surface area (Å²) in [6.45, 7) is 2.97. The van der Waals surface area contributed by atoms with E-state index < -0.39 is 17.8 Å². The van der Waals surface area contributed by atoms with Gasteiger partial charge in [0, 0.05) is 59.5 Å². The molecule has 2 N–H and O–H groups in total. The van der Waals surface area contributed by atoms with E-state index in [0.29, 0.717) is 47.4 Å². The third kappa shape index (κ3) is 5.40. The van der Waals surface area contributed by atoms with Crippen LogP contribution in [0.15, 0.2) is 46.0 Å². The van der Waals surface area contributed by atoms with Crippen molar-refractivity contribution < 1.29 is 23.5 Å². The van der Waals surface area contributed by atoms with Crippen LogP contribution in [0, 0.1) is 5.82 Å². The lowest BCUT2D eigenvalue weighted by Crippen LogP contribution is -2.61. The number of carbonyl (C=O) groups is 2. The summed E-state index contributed by atoms with van der Waals surface area (Å²) in [6.07, 6.45) is 3.15. The summed E-state index contributed by atoms with van der Waals surface area (Å²) >= 11 is 7.85. The van der Waals surface area contributed by atoms with Crippen molar-refractivity contribution in [2.75, 3.05) is 26.9 Å². The Morgan fingerprint density at radius 1 is 1.32 bits per heavy atom. The largest absolute Gasteiger partial charge is 0.466 e. The first-order valence-electron chi connectivity index (χ1n) is 12.0. The zero-order valence-electron chi connectivity index (χ0n) is 20.4. The van der Waals surface area contributed by atoms with E-state index in [-0.39, 0.29) is 29.1 Å². The molecule has 0 saturated carbocycles. The maximum atomic E-state index is 13.9. The van der Waals surface area contributed by atoms with Crippen molar-refractivity contribution in [3.05, 3.63) is 62.5 Å². The summed E-state index contributed by atoms with van der Waals surface area (Å²) in [6, 6.07) is 3.40. The lowest BCUT2D eigenvalue weighted by molar-refractivity contribution is -0.136. The van der Waals surface area contributed by atoms with Crippen LogP contribution in [-0.4, -0.2) is 72.6 Å². The number of esters is 1. The number of nitrogens with one attached hydrogen (secondary N) is 2. The van der Waals surface area contributed by atoms with Gasteiger partial charge in [0.1, 0.15) is 11.9 Å². The van der Waals surface area contributed by atoms with Crippen molar-refractivity contribution in [2.45, 2.75) is 43.9 Å². The number of nitrogens with zero attached hydrogens (tertiary/aromatic N) is 3. The maximum absolute atomic E-state index is 13.9. The monoisotopic (exact) mass is 547 g/mol. The Kier molecular flexibility index (Phi) is 7.57. The number of aliphatic imine (C=N–C) groups is 1. The van der Waals surface area contributed by atoms with Gasteiger partial charge in [-0.25, -0.2) is 14.2 Å². The van der Waals surface area contributed by atoms with Crippen molar-refractivity contribution in [2.24, 2.45) is 4.99 Å². The molecule has 0 radical (unpaired) electrons. The van der Waals surface area contributed by atoms with E-state index in [4.69, 9.17) is 26.1 Å². The average molecular weight is 548 g/mol. The maximum Gasteiger partial charge on any atom is 0.338 e. The quantitative estimate of drug-likeness (QED) is 0.536. The zero-order valence-corrected chi connectivity index (χ0v) is 21.9. The molecule has 2 aromatic rings. The summed E-state index contributed by atoms with van der Waals surface area (Å²) < 4.78 is 24.9. The molecule has 2 saturated heterocycles. The number of rotatable bonds is 6. The minimum atomic E-state index is -0.816. The van der Waals surface area contributed by atoms with Crippen LogP contribution < -0.4 is 10.6 Å². The fourth-order valence-corrected chi connectivity index (χ4v) is 6.16. The van der Waals surface area contributed by atoms with Crippen LogP contribution in [0.25, 0.3) is 0 Å². The van der Waals surface area contributed by atoms with Gasteiger partial charge in [0.2, 0.25) is 5.91 Å². The summed E-state index contributed by atoms with van der Waals surface area (Å²) in [5.74, 6) is -0.585. The number of benzene rings is 1. The third-order valence-corrected chi connectivity index (χ3v) is 7.95. The zero-order chi connectivity index (χ0) is 26.1. The Labute approximate surface area is 222 Å².